The van der Waals surface area contributed by atoms with E-state index < -0.39 is 9.84 Å². The number of fused-ring (bicyclic) bond motifs is 1. The van der Waals surface area contributed by atoms with Gasteiger partial charge in [-0.1, -0.05) is 24.3 Å². The van der Waals surface area contributed by atoms with E-state index >= 15 is 0 Å². The van der Waals surface area contributed by atoms with E-state index in [4.69, 9.17) is 4.74 Å². The standard InChI is InChI=1S/C23H20FN3O3S/c1-30-18-9-5-16(6-10-18)22(15-3-7-17(24)8-4-15)27-23-20-13-19(31(2,28)29)11-12-21(20)25-14-26-23/h3-14,22H,1-2H3,(H,25,26,27). The van der Waals surface area contributed by atoms with Crippen LogP contribution < -0.4 is 10.1 Å². The van der Waals surface area contributed by atoms with Crippen LogP contribution in [0.2, 0.25) is 0 Å². The minimum atomic E-state index is -3.40. The normalized spacial score (nSPS) is 12.5. The first-order valence-electron chi connectivity index (χ1n) is 9.46. The molecule has 1 atom stereocenters. The highest BCUT2D eigenvalue weighted by Crippen LogP contribution is 2.31. The second kappa shape index (κ2) is 8.31. The smallest absolute Gasteiger partial charge is 0.175 e. The maximum Gasteiger partial charge on any atom is 0.175 e. The van der Waals surface area contributed by atoms with E-state index in [0.717, 1.165) is 17.4 Å². The van der Waals surface area contributed by atoms with Gasteiger partial charge in [0.15, 0.2) is 9.84 Å². The van der Waals surface area contributed by atoms with Crippen LogP contribution >= 0.6 is 0 Å². The van der Waals surface area contributed by atoms with Gasteiger partial charge in [-0.2, -0.15) is 0 Å². The zero-order valence-electron chi connectivity index (χ0n) is 16.9. The first-order valence-corrected chi connectivity index (χ1v) is 11.3. The average Bonchev–Trinajstić information content (AvgIpc) is 2.77. The van der Waals surface area contributed by atoms with Crippen molar-refractivity contribution < 1.29 is 17.5 Å². The van der Waals surface area contributed by atoms with Gasteiger partial charge in [-0.3, -0.25) is 0 Å². The lowest BCUT2D eigenvalue weighted by Gasteiger charge is -2.21. The molecule has 6 nitrogen and oxygen atoms in total. The molecule has 0 spiro atoms. The monoisotopic (exact) mass is 437 g/mol. The zero-order chi connectivity index (χ0) is 22.0. The summed E-state index contributed by atoms with van der Waals surface area (Å²) in [6.45, 7) is 0. The summed E-state index contributed by atoms with van der Waals surface area (Å²) in [6.07, 6.45) is 2.57. The number of nitrogens with one attached hydrogen (secondary N) is 1. The Balaban J connectivity index is 1.82. The lowest BCUT2D eigenvalue weighted by molar-refractivity contribution is 0.414. The Morgan fingerprint density at radius 2 is 1.58 bits per heavy atom. The van der Waals surface area contributed by atoms with Gasteiger partial charge in [0.05, 0.1) is 23.6 Å². The lowest BCUT2D eigenvalue weighted by atomic mass is 9.98. The van der Waals surface area contributed by atoms with E-state index in [1.54, 1.807) is 31.4 Å². The van der Waals surface area contributed by atoms with Crippen LogP contribution in [0.1, 0.15) is 17.2 Å². The van der Waals surface area contributed by atoms with Gasteiger partial charge >= 0.3 is 0 Å². The highest BCUT2D eigenvalue weighted by Gasteiger charge is 2.18. The molecule has 0 saturated carbocycles. The van der Waals surface area contributed by atoms with Crippen LogP contribution in [-0.2, 0) is 9.84 Å². The molecule has 4 rings (SSSR count). The molecule has 158 valence electrons. The number of halogens is 1. The molecule has 31 heavy (non-hydrogen) atoms. The molecule has 0 fully saturated rings. The van der Waals surface area contributed by atoms with E-state index in [2.05, 4.69) is 15.3 Å². The fourth-order valence-electron chi connectivity index (χ4n) is 3.33. The highest BCUT2D eigenvalue weighted by atomic mass is 32.2. The fraction of sp³-hybridized carbons (Fsp3) is 0.130. The number of anilines is 1. The maximum atomic E-state index is 13.5. The number of nitrogens with zero attached hydrogens (tertiary/aromatic N) is 2. The van der Waals surface area contributed by atoms with Crippen molar-refractivity contribution in [1.29, 1.82) is 0 Å². The molecule has 0 radical (unpaired) electrons. The van der Waals surface area contributed by atoms with E-state index in [1.807, 2.05) is 24.3 Å². The van der Waals surface area contributed by atoms with Crippen molar-refractivity contribution in [2.45, 2.75) is 10.9 Å². The van der Waals surface area contributed by atoms with Crippen molar-refractivity contribution in [3.8, 4) is 5.75 Å². The van der Waals surface area contributed by atoms with Crippen LogP contribution in [0.5, 0.6) is 5.75 Å². The summed E-state index contributed by atoms with van der Waals surface area (Å²) in [5, 5.41) is 3.96. The van der Waals surface area contributed by atoms with E-state index in [0.29, 0.717) is 22.5 Å². The van der Waals surface area contributed by atoms with E-state index in [9.17, 15) is 12.8 Å². The predicted octanol–water partition coefficient (Wildman–Crippen LogP) is 4.38. The van der Waals surface area contributed by atoms with Crippen LogP contribution in [0.25, 0.3) is 10.9 Å². The Morgan fingerprint density at radius 1 is 0.935 bits per heavy atom. The van der Waals surface area contributed by atoms with Crippen molar-refractivity contribution >= 4 is 26.6 Å². The number of aromatic nitrogens is 2. The third kappa shape index (κ3) is 4.49. The molecule has 0 amide bonds. The summed E-state index contributed by atoms with van der Waals surface area (Å²) < 4.78 is 42.8. The molecule has 0 aliphatic heterocycles. The quantitative estimate of drug-likeness (QED) is 0.482. The van der Waals surface area contributed by atoms with Crippen molar-refractivity contribution in [3.05, 3.63) is 90.0 Å². The average molecular weight is 437 g/mol. The summed E-state index contributed by atoms with van der Waals surface area (Å²) in [5.41, 5.74) is 2.33. The first-order chi connectivity index (χ1) is 14.8. The molecule has 0 aliphatic carbocycles. The largest absolute Gasteiger partial charge is 0.497 e. The number of hydrogen-bond donors (Lipinski definition) is 1. The van der Waals surface area contributed by atoms with Crippen LogP contribution in [0.15, 0.2) is 78.0 Å². The minimum absolute atomic E-state index is 0.181. The molecule has 1 unspecified atom stereocenters. The number of sulfone groups is 1. The summed E-state index contributed by atoms with van der Waals surface area (Å²) in [7, 11) is -1.80. The molecule has 4 aromatic rings. The Labute approximate surface area is 179 Å². The van der Waals surface area contributed by atoms with Gasteiger partial charge in [0.1, 0.15) is 23.7 Å². The maximum absolute atomic E-state index is 13.5. The lowest BCUT2D eigenvalue weighted by Crippen LogP contribution is -2.14. The molecule has 1 N–H and O–H groups in total. The summed E-state index contributed by atoms with van der Waals surface area (Å²) in [5.74, 6) is 0.857. The van der Waals surface area contributed by atoms with Crippen molar-refractivity contribution in [2.75, 3.05) is 18.7 Å². The Hall–Kier alpha value is -3.52. The predicted molar refractivity (Wildman–Crippen MR) is 118 cm³/mol. The highest BCUT2D eigenvalue weighted by molar-refractivity contribution is 7.90. The third-order valence-corrected chi connectivity index (χ3v) is 6.08. The molecular formula is C23H20FN3O3S. The summed E-state index contributed by atoms with van der Waals surface area (Å²) in [4.78, 5) is 8.78. The van der Waals surface area contributed by atoms with Gasteiger partial charge in [-0.25, -0.2) is 22.8 Å². The molecule has 0 bridgehead atoms. The second-order valence-electron chi connectivity index (χ2n) is 7.08. The third-order valence-electron chi connectivity index (χ3n) is 4.97. The Kier molecular flexibility index (Phi) is 5.56. The summed E-state index contributed by atoms with van der Waals surface area (Å²) >= 11 is 0. The Morgan fingerprint density at radius 3 is 2.19 bits per heavy atom. The van der Waals surface area contributed by atoms with Gasteiger partial charge in [0.25, 0.3) is 0 Å². The number of ether oxygens (including phenoxy) is 1. The van der Waals surface area contributed by atoms with Gasteiger partial charge in [0, 0.05) is 11.6 Å². The zero-order valence-corrected chi connectivity index (χ0v) is 17.7. The van der Waals surface area contributed by atoms with Gasteiger partial charge in [0.2, 0.25) is 0 Å². The summed E-state index contributed by atoms with van der Waals surface area (Å²) in [6, 6.07) is 18.0. The number of benzene rings is 3. The second-order valence-corrected chi connectivity index (χ2v) is 9.09. The van der Waals surface area contributed by atoms with Gasteiger partial charge < -0.3 is 10.1 Å². The van der Waals surface area contributed by atoms with Crippen LogP contribution in [0, 0.1) is 5.82 Å². The SMILES string of the molecule is COc1ccc(C(Nc2ncnc3ccc(S(C)(=O)=O)cc23)c2ccc(F)cc2)cc1. The molecule has 0 aliphatic rings. The van der Waals surface area contributed by atoms with Crippen molar-refractivity contribution in [2.24, 2.45) is 0 Å². The van der Waals surface area contributed by atoms with Gasteiger partial charge in [-0.15, -0.1) is 0 Å². The number of rotatable bonds is 6. The molecule has 1 aromatic heterocycles. The van der Waals surface area contributed by atoms with Crippen molar-refractivity contribution in [3.63, 3.8) is 0 Å². The van der Waals surface area contributed by atoms with E-state index in [-0.39, 0.29) is 16.8 Å². The van der Waals surface area contributed by atoms with Crippen LogP contribution in [0.3, 0.4) is 0 Å². The fourth-order valence-corrected chi connectivity index (χ4v) is 3.98. The molecular weight excluding hydrogens is 417 g/mol. The molecule has 3 aromatic carbocycles. The van der Waals surface area contributed by atoms with E-state index in [1.165, 1.54) is 24.5 Å². The van der Waals surface area contributed by atoms with Gasteiger partial charge in [-0.05, 0) is 53.6 Å². The minimum Gasteiger partial charge on any atom is -0.497 e. The first kappa shape index (κ1) is 20.7. The van der Waals surface area contributed by atoms with Crippen molar-refractivity contribution in [1.82, 2.24) is 9.97 Å². The van der Waals surface area contributed by atoms with Crippen LogP contribution in [-0.4, -0.2) is 31.8 Å². The Bertz CT molecular complexity index is 1320. The van der Waals surface area contributed by atoms with Crippen LogP contribution in [0.4, 0.5) is 10.2 Å². The topological polar surface area (TPSA) is 81.2 Å². The number of methoxy groups -OCH3 is 1. The molecule has 8 heteroatoms. The molecule has 0 saturated heterocycles. The molecule has 1 heterocycles. The number of hydrogen-bond acceptors (Lipinski definition) is 6.